The van der Waals surface area contributed by atoms with E-state index in [0.717, 1.165) is 22.4 Å². The molecule has 124 valence electrons. The van der Waals surface area contributed by atoms with Gasteiger partial charge in [-0.05, 0) is 32.9 Å². The summed E-state index contributed by atoms with van der Waals surface area (Å²) in [5.41, 5.74) is 4.66. The molecule has 0 spiro atoms. The minimum Gasteiger partial charge on any atom is -0.462 e. The van der Waals surface area contributed by atoms with E-state index in [1.54, 1.807) is 11.6 Å². The molecular formula is C18H20N4O2. The van der Waals surface area contributed by atoms with Gasteiger partial charge in [-0.25, -0.2) is 9.78 Å². The highest BCUT2D eigenvalue weighted by Crippen LogP contribution is 2.31. The van der Waals surface area contributed by atoms with E-state index in [1.807, 2.05) is 45.2 Å². The van der Waals surface area contributed by atoms with Gasteiger partial charge < -0.3 is 10.1 Å². The van der Waals surface area contributed by atoms with Gasteiger partial charge in [0.1, 0.15) is 5.56 Å². The highest BCUT2D eigenvalue weighted by Gasteiger charge is 2.20. The van der Waals surface area contributed by atoms with Crippen LogP contribution in [-0.2, 0) is 11.8 Å². The summed E-state index contributed by atoms with van der Waals surface area (Å²) in [5, 5.41) is 8.58. The van der Waals surface area contributed by atoms with Crippen LogP contribution >= 0.6 is 0 Å². The first-order chi connectivity index (χ1) is 11.5. The van der Waals surface area contributed by atoms with Gasteiger partial charge in [-0.2, -0.15) is 5.10 Å². The topological polar surface area (TPSA) is 69.0 Å². The lowest BCUT2D eigenvalue weighted by atomic mass is 10.1. The average Bonchev–Trinajstić information content (AvgIpc) is 2.85. The molecule has 1 aromatic carbocycles. The molecule has 2 heterocycles. The Kier molecular flexibility index (Phi) is 4.20. The summed E-state index contributed by atoms with van der Waals surface area (Å²) in [6, 6.07) is 7.98. The molecule has 0 aliphatic carbocycles. The SMILES string of the molecule is CCOC(=O)c1cnc2c(c(C)nn2C)c1Nc1ccc(C)cc1. The fourth-order valence-corrected chi connectivity index (χ4v) is 2.69. The molecule has 0 radical (unpaired) electrons. The number of nitrogens with zero attached hydrogens (tertiary/aromatic N) is 3. The van der Waals surface area contributed by atoms with Gasteiger partial charge in [0.25, 0.3) is 0 Å². The molecular weight excluding hydrogens is 304 g/mol. The van der Waals surface area contributed by atoms with Crippen LogP contribution in [0.5, 0.6) is 0 Å². The van der Waals surface area contributed by atoms with Crippen molar-refractivity contribution >= 4 is 28.4 Å². The largest absolute Gasteiger partial charge is 0.462 e. The fraction of sp³-hybridized carbons (Fsp3) is 0.278. The normalized spacial score (nSPS) is 10.8. The summed E-state index contributed by atoms with van der Waals surface area (Å²) in [7, 11) is 1.84. The van der Waals surface area contributed by atoms with Gasteiger partial charge >= 0.3 is 5.97 Å². The summed E-state index contributed by atoms with van der Waals surface area (Å²) in [4.78, 5) is 16.7. The molecule has 0 aliphatic rings. The second-order valence-electron chi connectivity index (χ2n) is 5.67. The lowest BCUT2D eigenvalue weighted by Gasteiger charge is -2.13. The minimum absolute atomic E-state index is 0.312. The molecule has 0 atom stereocenters. The fourth-order valence-electron chi connectivity index (χ4n) is 2.69. The number of hydrogen-bond donors (Lipinski definition) is 1. The number of benzene rings is 1. The van der Waals surface area contributed by atoms with Crippen molar-refractivity contribution in [2.24, 2.45) is 7.05 Å². The molecule has 3 aromatic rings. The summed E-state index contributed by atoms with van der Waals surface area (Å²) in [6.07, 6.45) is 1.54. The lowest BCUT2D eigenvalue weighted by Crippen LogP contribution is -2.09. The Morgan fingerprint density at radius 2 is 1.96 bits per heavy atom. The lowest BCUT2D eigenvalue weighted by molar-refractivity contribution is 0.0527. The number of esters is 1. The average molecular weight is 324 g/mol. The monoisotopic (exact) mass is 324 g/mol. The van der Waals surface area contributed by atoms with Crippen LogP contribution in [-0.4, -0.2) is 27.3 Å². The third-order valence-corrected chi connectivity index (χ3v) is 3.84. The predicted octanol–water partition coefficient (Wildman–Crippen LogP) is 3.51. The third-order valence-electron chi connectivity index (χ3n) is 3.84. The van der Waals surface area contributed by atoms with Crippen LogP contribution in [0, 0.1) is 13.8 Å². The van der Waals surface area contributed by atoms with Gasteiger partial charge in [0.15, 0.2) is 5.65 Å². The Morgan fingerprint density at radius 3 is 2.62 bits per heavy atom. The first-order valence-electron chi connectivity index (χ1n) is 7.84. The maximum atomic E-state index is 12.3. The zero-order chi connectivity index (χ0) is 17.3. The molecule has 24 heavy (non-hydrogen) atoms. The molecule has 0 bridgehead atoms. The van der Waals surface area contributed by atoms with E-state index >= 15 is 0 Å². The van der Waals surface area contributed by atoms with Crippen molar-refractivity contribution in [2.75, 3.05) is 11.9 Å². The van der Waals surface area contributed by atoms with Crippen LogP contribution in [0.1, 0.15) is 28.5 Å². The molecule has 6 nitrogen and oxygen atoms in total. The van der Waals surface area contributed by atoms with E-state index in [-0.39, 0.29) is 0 Å². The number of carbonyl (C=O) groups is 1. The van der Waals surface area contributed by atoms with Crippen LogP contribution in [0.15, 0.2) is 30.5 Å². The van der Waals surface area contributed by atoms with Crippen molar-refractivity contribution in [1.29, 1.82) is 0 Å². The smallest absolute Gasteiger partial charge is 0.341 e. The number of rotatable bonds is 4. The number of pyridine rings is 1. The van der Waals surface area contributed by atoms with Gasteiger partial charge in [0.2, 0.25) is 0 Å². The number of ether oxygens (including phenoxy) is 1. The van der Waals surface area contributed by atoms with Crippen molar-refractivity contribution in [3.05, 3.63) is 47.3 Å². The van der Waals surface area contributed by atoms with Crippen LogP contribution in [0.3, 0.4) is 0 Å². The number of anilines is 2. The summed E-state index contributed by atoms with van der Waals surface area (Å²) >= 11 is 0. The summed E-state index contributed by atoms with van der Waals surface area (Å²) in [6.45, 7) is 6.03. The predicted molar refractivity (Wildman–Crippen MR) is 93.7 cm³/mol. The minimum atomic E-state index is -0.398. The molecule has 0 saturated heterocycles. The summed E-state index contributed by atoms with van der Waals surface area (Å²) in [5.74, 6) is -0.398. The third kappa shape index (κ3) is 2.82. The Hall–Kier alpha value is -2.89. The van der Waals surface area contributed by atoms with Crippen molar-refractivity contribution < 1.29 is 9.53 Å². The van der Waals surface area contributed by atoms with E-state index in [4.69, 9.17) is 4.74 Å². The first-order valence-corrected chi connectivity index (χ1v) is 7.84. The highest BCUT2D eigenvalue weighted by atomic mass is 16.5. The second-order valence-corrected chi connectivity index (χ2v) is 5.67. The molecule has 0 saturated carbocycles. The van der Waals surface area contributed by atoms with Gasteiger partial charge in [-0.3, -0.25) is 4.68 Å². The van der Waals surface area contributed by atoms with E-state index in [2.05, 4.69) is 15.4 Å². The zero-order valence-corrected chi connectivity index (χ0v) is 14.3. The van der Waals surface area contributed by atoms with Crippen LogP contribution in [0.25, 0.3) is 11.0 Å². The first kappa shape index (κ1) is 16.0. The Balaban J connectivity index is 2.18. The number of nitrogens with one attached hydrogen (secondary N) is 1. The van der Waals surface area contributed by atoms with Crippen LogP contribution in [0.4, 0.5) is 11.4 Å². The van der Waals surface area contributed by atoms with Crippen LogP contribution < -0.4 is 5.32 Å². The number of fused-ring (bicyclic) bond motifs is 1. The van der Waals surface area contributed by atoms with Gasteiger partial charge in [-0.15, -0.1) is 0 Å². The van der Waals surface area contributed by atoms with E-state index < -0.39 is 5.97 Å². The standard InChI is InChI=1S/C18H20N4O2/c1-5-24-18(23)14-10-19-17-15(12(3)21-22(17)4)16(14)20-13-8-6-11(2)7-9-13/h6-10H,5H2,1-4H3,(H,19,20). The molecule has 2 aromatic heterocycles. The maximum Gasteiger partial charge on any atom is 0.341 e. The molecule has 0 unspecified atom stereocenters. The molecule has 0 aliphatic heterocycles. The van der Waals surface area contributed by atoms with Crippen molar-refractivity contribution in [2.45, 2.75) is 20.8 Å². The number of aryl methyl sites for hydroxylation is 3. The van der Waals surface area contributed by atoms with Gasteiger partial charge in [0, 0.05) is 18.9 Å². The van der Waals surface area contributed by atoms with Crippen molar-refractivity contribution in [1.82, 2.24) is 14.8 Å². The number of carbonyl (C=O) groups excluding carboxylic acids is 1. The molecule has 1 N–H and O–H groups in total. The molecule has 3 rings (SSSR count). The van der Waals surface area contributed by atoms with E-state index in [0.29, 0.717) is 17.9 Å². The van der Waals surface area contributed by atoms with Crippen LogP contribution in [0.2, 0.25) is 0 Å². The highest BCUT2D eigenvalue weighted by molar-refractivity contribution is 6.06. The zero-order valence-electron chi connectivity index (χ0n) is 14.3. The maximum absolute atomic E-state index is 12.3. The quantitative estimate of drug-likeness (QED) is 0.744. The molecule has 0 fully saturated rings. The Morgan fingerprint density at radius 1 is 1.25 bits per heavy atom. The Labute approximate surface area is 140 Å². The summed E-state index contributed by atoms with van der Waals surface area (Å²) < 4.78 is 6.88. The van der Waals surface area contributed by atoms with Crippen molar-refractivity contribution in [3.8, 4) is 0 Å². The van der Waals surface area contributed by atoms with E-state index in [9.17, 15) is 4.79 Å². The second kappa shape index (κ2) is 6.31. The molecule has 6 heteroatoms. The van der Waals surface area contributed by atoms with Gasteiger partial charge in [0.05, 0.1) is 23.4 Å². The molecule has 0 amide bonds. The number of hydrogen-bond acceptors (Lipinski definition) is 5. The Bertz CT molecular complexity index is 898. The van der Waals surface area contributed by atoms with Crippen molar-refractivity contribution in [3.63, 3.8) is 0 Å². The van der Waals surface area contributed by atoms with E-state index in [1.165, 1.54) is 11.8 Å². The number of aromatic nitrogens is 3. The van der Waals surface area contributed by atoms with Gasteiger partial charge in [-0.1, -0.05) is 17.7 Å².